The van der Waals surface area contributed by atoms with Gasteiger partial charge in [-0.3, -0.25) is 5.10 Å². The minimum absolute atomic E-state index is 0.494. The average molecular weight is 217 g/mol. The van der Waals surface area contributed by atoms with Gasteiger partial charge in [-0.05, 0) is 19.4 Å². The Kier molecular flexibility index (Phi) is 2.56. The molecule has 16 heavy (non-hydrogen) atoms. The lowest BCUT2D eigenvalue weighted by atomic mass is 10.0. The standard InChI is InChI=1S/C12H15N3O/c1-7-4-5-9(8(2)12(7)16-3)10-6-11(13)15-14-10/h4-6H,1-3H3,(H3,13,14,15). The van der Waals surface area contributed by atoms with E-state index in [1.165, 1.54) is 0 Å². The molecule has 1 heterocycles. The number of hydrogen-bond donors (Lipinski definition) is 2. The van der Waals surface area contributed by atoms with Gasteiger partial charge >= 0.3 is 0 Å². The number of methoxy groups -OCH3 is 1. The summed E-state index contributed by atoms with van der Waals surface area (Å²) in [7, 11) is 1.68. The third kappa shape index (κ3) is 1.62. The van der Waals surface area contributed by atoms with Crippen LogP contribution in [-0.4, -0.2) is 17.3 Å². The van der Waals surface area contributed by atoms with E-state index in [2.05, 4.69) is 10.2 Å². The predicted octanol–water partition coefficient (Wildman–Crippen LogP) is 2.28. The van der Waals surface area contributed by atoms with Crippen LogP contribution in [-0.2, 0) is 0 Å². The largest absolute Gasteiger partial charge is 0.496 e. The van der Waals surface area contributed by atoms with E-state index in [9.17, 15) is 0 Å². The zero-order valence-electron chi connectivity index (χ0n) is 9.66. The maximum Gasteiger partial charge on any atom is 0.145 e. The van der Waals surface area contributed by atoms with Crippen molar-refractivity contribution in [1.29, 1.82) is 0 Å². The highest BCUT2D eigenvalue weighted by atomic mass is 16.5. The second-order valence-electron chi connectivity index (χ2n) is 3.79. The number of benzene rings is 1. The number of aryl methyl sites for hydroxylation is 1. The highest BCUT2D eigenvalue weighted by Gasteiger charge is 2.10. The quantitative estimate of drug-likeness (QED) is 0.811. The first-order chi connectivity index (χ1) is 7.63. The van der Waals surface area contributed by atoms with Gasteiger partial charge in [0.2, 0.25) is 0 Å². The van der Waals surface area contributed by atoms with Gasteiger partial charge in [-0.2, -0.15) is 5.10 Å². The second kappa shape index (κ2) is 3.89. The molecule has 0 saturated carbocycles. The Morgan fingerprint density at radius 2 is 2.06 bits per heavy atom. The second-order valence-corrected chi connectivity index (χ2v) is 3.79. The molecule has 0 spiro atoms. The third-order valence-electron chi connectivity index (χ3n) is 2.69. The number of nitrogens with zero attached hydrogens (tertiary/aromatic N) is 1. The molecule has 0 amide bonds. The minimum atomic E-state index is 0.494. The van der Waals surface area contributed by atoms with Crippen LogP contribution in [0, 0.1) is 13.8 Å². The Hall–Kier alpha value is -1.97. The van der Waals surface area contributed by atoms with Crippen molar-refractivity contribution in [3.05, 3.63) is 29.3 Å². The molecular formula is C12H15N3O. The summed E-state index contributed by atoms with van der Waals surface area (Å²) in [5, 5.41) is 6.83. The highest BCUT2D eigenvalue weighted by molar-refractivity contribution is 5.69. The Labute approximate surface area is 94.4 Å². The van der Waals surface area contributed by atoms with Crippen molar-refractivity contribution in [2.45, 2.75) is 13.8 Å². The van der Waals surface area contributed by atoms with Gasteiger partial charge in [-0.1, -0.05) is 12.1 Å². The van der Waals surface area contributed by atoms with Gasteiger partial charge in [-0.25, -0.2) is 0 Å². The zero-order valence-corrected chi connectivity index (χ0v) is 9.66. The van der Waals surface area contributed by atoms with Crippen molar-refractivity contribution in [1.82, 2.24) is 10.2 Å². The smallest absolute Gasteiger partial charge is 0.145 e. The van der Waals surface area contributed by atoms with Gasteiger partial charge in [0, 0.05) is 17.2 Å². The number of aromatic amines is 1. The maximum absolute atomic E-state index is 5.59. The lowest BCUT2D eigenvalue weighted by Crippen LogP contribution is -1.93. The number of hydrogen-bond acceptors (Lipinski definition) is 3. The zero-order chi connectivity index (χ0) is 11.7. The molecule has 2 rings (SSSR count). The summed E-state index contributed by atoms with van der Waals surface area (Å²) in [6.07, 6.45) is 0. The molecule has 0 aliphatic heterocycles. The van der Waals surface area contributed by atoms with Crippen LogP contribution >= 0.6 is 0 Å². The number of nitrogens with one attached hydrogen (secondary N) is 1. The monoisotopic (exact) mass is 217 g/mol. The van der Waals surface area contributed by atoms with E-state index < -0.39 is 0 Å². The molecule has 84 valence electrons. The number of ether oxygens (including phenoxy) is 1. The molecule has 0 saturated heterocycles. The van der Waals surface area contributed by atoms with Crippen molar-refractivity contribution in [3.63, 3.8) is 0 Å². The normalized spacial score (nSPS) is 10.4. The van der Waals surface area contributed by atoms with Gasteiger partial charge in [0.1, 0.15) is 11.6 Å². The van der Waals surface area contributed by atoms with Crippen LogP contribution in [0.25, 0.3) is 11.3 Å². The predicted molar refractivity (Wildman–Crippen MR) is 64.5 cm³/mol. The highest BCUT2D eigenvalue weighted by Crippen LogP contribution is 2.31. The topological polar surface area (TPSA) is 63.9 Å². The van der Waals surface area contributed by atoms with Crippen molar-refractivity contribution < 1.29 is 4.74 Å². The molecule has 4 heteroatoms. The molecule has 0 aliphatic rings. The number of aromatic nitrogens is 2. The van der Waals surface area contributed by atoms with Crippen molar-refractivity contribution in [2.75, 3.05) is 12.8 Å². The van der Waals surface area contributed by atoms with E-state index in [1.54, 1.807) is 7.11 Å². The first-order valence-electron chi connectivity index (χ1n) is 5.09. The Morgan fingerprint density at radius 3 is 2.62 bits per heavy atom. The van der Waals surface area contributed by atoms with E-state index >= 15 is 0 Å². The lowest BCUT2D eigenvalue weighted by Gasteiger charge is -2.11. The summed E-state index contributed by atoms with van der Waals surface area (Å²) < 4.78 is 5.38. The molecule has 0 radical (unpaired) electrons. The fourth-order valence-corrected chi connectivity index (χ4v) is 1.91. The van der Waals surface area contributed by atoms with E-state index in [0.717, 1.165) is 28.1 Å². The molecule has 0 atom stereocenters. The Bertz CT molecular complexity index is 517. The summed E-state index contributed by atoms with van der Waals surface area (Å²) in [5.41, 5.74) is 9.78. The SMILES string of the molecule is COc1c(C)ccc(-c2cc(N)n[nH]2)c1C. The van der Waals surface area contributed by atoms with Gasteiger partial charge in [0.05, 0.1) is 12.8 Å². The molecule has 0 aliphatic carbocycles. The van der Waals surface area contributed by atoms with Crippen LogP contribution in [0.15, 0.2) is 18.2 Å². The molecule has 1 aromatic carbocycles. The first-order valence-corrected chi connectivity index (χ1v) is 5.09. The van der Waals surface area contributed by atoms with Gasteiger partial charge in [0.25, 0.3) is 0 Å². The number of nitrogens with two attached hydrogens (primary N) is 1. The summed E-state index contributed by atoms with van der Waals surface area (Å²) in [5.74, 6) is 1.40. The molecule has 0 fully saturated rings. The van der Waals surface area contributed by atoms with Crippen molar-refractivity contribution in [2.24, 2.45) is 0 Å². The molecule has 0 bridgehead atoms. The van der Waals surface area contributed by atoms with Crippen LogP contribution in [0.2, 0.25) is 0 Å². The van der Waals surface area contributed by atoms with E-state index in [4.69, 9.17) is 10.5 Å². The van der Waals surface area contributed by atoms with Crippen molar-refractivity contribution >= 4 is 5.82 Å². The molecule has 1 aromatic heterocycles. The summed E-state index contributed by atoms with van der Waals surface area (Å²) in [6.45, 7) is 4.05. The molecule has 0 unspecified atom stereocenters. The first kappa shape index (κ1) is 10.5. The average Bonchev–Trinajstić information content (AvgIpc) is 2.65. The van der Waals surface area contributed by atoms with Crippen LogP contribution in [0.5, 0.6) is 5.75 Å². The third-order valence-corrected chi connectivity index (χ3v) is 2.69. The van der Waals surface area contributed by atoms with E-state index in [0.29, 0.717) is 5.82 Å². The summed E-state index contributed by atoms with van der Waals surface area (Å²) in [6, 6.07) is 5.88. The van der Waals surface area contributed by atoms with Gasteiger partial charge in [-0.15, -0.1) is 0 Å². The molecule has 4 nitrogen and oxygen atoms in total. The summed E-state index contributed by atoms with van der Waals surface area (Å²) >= 11 is 0. The maximum atomic E-state index is 5.59. The van der Waals surface area contributed by atoms with E-state index in [1.807, 2.05) is 32.0 Å². The van der Waals surface area contributed by atoms with Crippen LogP contribution in [0.4, 0.5) is 5.82 Å². The fourth-order valence-electron chi connectivity index (χ4n) is 1.91. The van der Waals surface area contributed by atoms with Crippen LogP contribution in [0.3, 0.4) is 0 Å². The minimum Gasteiger partial charge on any atom is -0.496 e. The van der Waals surface area contributed by atoms with Gasteiger partial charge in [0.15, 0.2) is 0 Å². The van der Waals surface area contributed by atoms with Crippen LogP contribution < -0.4 is 10.5 Å². The number of H-pyrrole nitrogens is 1. The number of anilines is 1. The number of rotatable bonds is 2. The summed E-state index contributed by atoms with van der Waals surface area (Å²) in [4.78, 5) is 0. The molecule has 2 aromatic rings. The Balaban J connectivity index is 2.58. The fraction of sp³-hybridized carbons (Fsp3) is 0.250. The van der Waals surface area contributed by atoms with Crippen LogP contribution in [0.1, 0.15) is 11.1 Å². The van der Waals surface area contributed by atoms with Gasteiger partial charge < -0.3 is 10.5 Å². The molecule has 3 N–H and O–H groups in total. The lowest BCUT2D eigenvalue weighted by molar-refractivity contribution is 0.409. The van der Waals surface area contributed by atoms with E-state index in [-0.39, 0.29) is 0 Å². The van der Waals surface area contributed by atoms with Crippen molar-refractivity contribution in [3.8, 4) is 17.0 Å². The Morgan fingerprint density at radius 1 is 1.31 bits per heavy atom. The number of nitrogen functional groups attached to an aromatic ring is 1. The molecular weight excluding hydrogens is 202 g/mol.